The lowest BCUT2D eigenvalue weighted by Crippen LogP contribution is -2.48. The van der Waals surface area contributed by atoms with Crippen molar-refractivity contribution >= 4 is 23.4 Å². The maximum atomic E-state index is 13.4. The number of carbonyl (C=O) groups is 3. The number of hydrogen-bond acceptors (Lipinski definition) is 3. The van der Waals surface area contributed by atoms with Crippen molar-refractivity contribution in [3.63, 3.8) is 0 Å². The van der Waals surface area contributed by atoms with E-state index in [9.17, 15) is 14.4 Å². The first-order valence-corrected chi connectivity index (χ1v) is 10.9. The summed E-state index contributed by atoms with van der Waals surface area (Å²) in [5.74, 6) is -0.467. The quantitative estimate of drug-likeness (QED) is 0.714. The van der Waals surface area contributed by atoms with Crippen molar-refractivity contribution < 1.29 is 14.4 Å². The van der Waals surface area contributed by atoms with Crippen molar-refractivity contribution in [2.45, 2.75) is 39.2 Å². The van der Waals surface area contributed by atoms with Crippen molar-refractivity contribution in [2.75, 3.05) is 18.4 Å². The van der Waals surface area contributed by atoms with Gasteiger partial charge < -0.3 is 15.5 Å². The van der Waals surface area contributed by atoms with E-state index in [1.165, 1.54) is 0 Å². The number of nitrogens with zero attached hydrogens (tertiary/aromatic N) is 1. The number of hydrogen-bond donors (Lipinski definition) is 2. The minimum Gasteiger partial charge on any atom is -0.341 e. The highest BCUT2D eigenvalue weighted by molar-refractivity contribution is 5.94. The fraction of sp³-hybridized carbons (Fsp3) is 0.400. The summed E-state index contributed by atoms with van der Waals surface area (Å²) in [4.78, 5) is 40.4. The minimum absolute atomic E-state index is 0.0798. The summed E-state index contributed by atoms with van der Waals surface area (Å²) in [6, 6.07) is 17.9. The average Bonchev–Trinajstić information content (AvgIpc) is 2.78. The maximum Gasteiger partial charge on any atom is 0.249 e. The molecule has 3 rings (SSSR count). The van der Waals surface area contributed by atoms with Crippen molar-refractivity contribution in [3.05, 3.63) is 66.2 Å². The molecule has 1 fully saturated rings. The second kappa shape index (κ2) is 10.8. The molecular weight excluding hydrogens is 390 g/mol. The molecule has 31 heavy (non-hydrogen) atoms. The summed E-state index contributed by atoms with van der Waals surface area (Å²) < 4.78 is 0. The molecule has 1 heterocycles. The van der Waals surface area contributed by atoms with Gasteiger partial charge >= 0.3 is 0 Å². The highest BCUT2D eigenvalue weighted by Crippen LogP contribution is 2.23. The Morgan fingerprint density at radius 2 is 1.65 bits per heavy atom. The number of amides is 3. The zero-order chi connectivity index (χ0) is 22.2. The van der Waals surface area contributed by atoms with Crippen LogP contribution in [0.3, 0.4) is 0 Å². The van der Waals surface area contributed by atoms with E-state index in [0.717, 1.165) is 24.1 Å². The standard InChI is InChI=1S/C25H31N3O3/c1-18(2)16-22(29)27-23(19-10-5-3-6-11-19)25(31)28-15-9-12-20(17-28)24(30)26-21-13-7-4-8-14-21/h3-8,10-11,13-14,18,20,23H,9,12,15-17H2,1-2H3,(H,26,30)(H,27,29). The first kappa shape index (κ1) is 22.5. The maximum absolute atomic E-state index is 13.4. The monoisotopic (exact) mass is 421 g/mol. The lowest BCUT2D eigenvalue weighted by Gasteiger charge is -2.34. The molecule has 1 aliphatic heterocycles. The van der Waals surface area contributed by atoms with E-state index in [-0.39, 0.29) is 29.6 Å². The number of para-hydroxylation sites is 1. The molecule has 6 heteroatoms. The van der Waals surface area contributed by atoms with Crippen molar-refractivity contribution in [3.8, 4) is 0 Å². The Bertz CT molecular complexity index is 883. The summed E-state index contributed by atoms with van der Waals surface area (Å²) in [5.41, 5.74) is 1.50. The zero-order valence-corrected chi connectivity index (χ0v) is 18.2. The summed E-state index contributed by atoms with van der Waals surface area (Å²) >= 11 is 0. The number of rotatable bonds is 7. The number of carbonyl (C=O) groups excluding carboxylic acids is 3. The van der Waals surface area contributed by atoms with Crippen LogP contribution in [0.15, 0.2) is 60.7 Å². The molecule has 2 aromatic rings. The van der Waals surface area contributed by atoms with Crippen LogP contribution in [0.25, 0.3) is 0 Å². The molecule has 0 saturated carbocycles. The predicted molar refractivity (Wildman–Crippen MR) is 121 cm³/mol. The Morgan fingerprint density at radius 3 is 2.29 bits per heavy atom. The van der Waals surface area contributed by atoms with Gasteiger partial charge in [0.1, 0.15) is 6.04 Å². The molecule has 1 saturated heterocycles. The molecule has 0 bridgehead atoms. The third-order valence-electron chi connectivity index (χ3n) is 5.42. The van der Waals surface area contributed by atoms with E-state index >= 15 is 0 Å². The normalized spacial score (nSPS) is 17.1. The number of anilines is 1. The van der Waals surface area contributed by atoms with Gasteiger partial charge in [0.25, 0.3) is 0 Å². The summed E-state index contributed by atoms with van der Waals surface area (Å²) in [7, 11) is 0. The molecule has 0 radical (unpaired) electrons. The second-order valence-electron chi connectivity index (χ2n) is 8.49. The Balaban J connectivity index is 1.71. The first-order chi connectivity index (χ1) is 14.9. The Hall–Kier alpha value is -3.15. The van der Waals surface area contributed by atoms with Crippen molar-refractivity contribution in [1.82, 2.24) is 10.2 Å². The largest absolute Gasteiger partial charge is 0.341 e. The smallest absolute Gasteiger partial charge is 0.249 e. The molecule has 0 aliphatic carbocycles. The lowest BCUT2D eigenvalue weighted by atomic mass is 9.95. The molecule has 6 nitrogen and oxygen atoms in total. The minimum atomic E-state index is -0.747. The van der Waals surface area contributed by atoms with Crippen LogP contribution < -0.4 is 10.6 Å². The molecule has 0 aromatic heterocycles. The zero-order valence-electron chi connectivity index (χ0n) is 18.2. The van der Waals surface area contributed by atoms with Gasteiger partial charge in [0.2, 0.25) is 17.7 Å². The molecule has 3 amide bonds. The van der Waals surface area contributed by atoms with Gasteiger partial charge in [-0.2, -0.15) is 0 Å². The van der Waals surface area contributed by atoms with Crippen molar-refractivity contribution in [2.24, 2.45) is 11.8 Å². The van der Waals surface area contributed by atoms with Gasteiger partial charge in [0.15, 0.2) is 0 Å². The van der Waals surface area contributed by atoms with Crippen LogP contribution in [0.5, 0.6) is 0 Å². The number of nitrogens with one attached hydrogen (secondary N) is 2. The van der Waals surface area contributed by atoms with Gasteiger partial charge in [-0.1, -0.05) is 62.4 Å². The third kappa shape index (κ3) is 6.41. The van der Waals surface area contributed by atoms with Crippen molar-refractivity contribution in [1.29, 1.82) is 0 Å². The number of benzene rings is 2. The third-order valence-corrected chi connectivity index (χ3v) is 5.42. The summed E-state index contributed by atoms with van der Waals surface area (Å²) in [6.07, 6.45) is 1.84. The van der Waals surface area contributed by atoms with E-state index < -0.39 is 6.04 Å². The number of likely N-dealkylation sites (tertiary alicyclic amines) is 1. The molecule has 1 aliphatic rings. The molecule has 0 spiro atoms. The van der Waals surface area contributed by atoms with E-state index in [0.29, 0.717) is 19.5 Å². The van der Waals surface area contributed by atoms with E-state index in [1.807, 2.05) is 74.5 Å². The van der Waals surface area contributed by atoms with Crippen LogP contribution in [0.1, 0.15) is 44.7 Å². The fourth-order valence-electron chi connectivity index (χ4n) is 3.86. The lowest BCUT2D eigenvalue weighted by molar-refractivity contribution is -0.139. The molecule has 2 aromatic carbocycles. The Morgan fingerprint density at radius 1 is 1.00 bits per heavy atom. The Labute approximate surface area is 184 Å². The van der Waals surface area contributed by atoms with E-state index in [2.05, 4.69) is 10.6 Å². The predicted octanol–water partition coefficient (Wildman–Crippen LogP) is 3.77. The van der Waals surface area contributed by atoms with Gasteiger partial charge in [-0.15, -0.1) is 0 Å². The molecule has 2 N–H and O–H groups in total. The van der Waals surface area contributed by atoms with Gasteiger partial charge in [-0.05, 0) is 36.5 Å². The topological polar surface area (TPSA) is 78.5 Å². The number of piperidine rings is 1. The summed E-state index contributed by atoms with van der Waals surface area (Å²) in [5, 5.41) is 5.85. The van der Waals surface area contributed by atoms with E-state index in [4.69, 9.17) is 0 Å². The highest BCUT2D eigenvalue weighted by Gasteiger charge is 2.33. The SMILES string of the molecule is CC(C)CC(=O)NC(C(=O)N1CCCC(C(=O)Nc2ccccc2)C1)c1ccccc1. The fourth-order valence-corrected chi connectivity index (χ4v) is 3.86. The van der Waals surface area contributed by atoms with Crippen LogP contribution in [-0.4, -0.2) is 35.7 Å². The van der Waals surface area contributed by atoms with Crippen LogP contribution >= 0.6 is 0 Å². The molecular formula is C25H31N3O3. The van der Waals surface area contributed by atoms with Gasteiger partial charge in [-0.25, -0.2) is 0 Å². The average molecular weight is 422 g/mol. The van der Waals surface area contributed by atoms with Gasteiger partial charge in [0.05, 0.1) is 5.92 Å². The first-order valence-electron chi connectivity index (χ1n) is 10.9. The molecule has 2 atom stereocenters. The second-order valence-corrected chi connectivity index (χ2v) is 8.49. The van der Waals surface area contributed by atoms with Crippen LogP contribution in [0.2, 0.25) is 0 Å². The van der Waals surface area contributed by atoms with Gasteiger partial charge in [0, 0.05) is 25.2 Å². The van der Waals surface area contributed by atoms with Crippen LogP contribution in [-0.2, 0) is 14.4 Å². The summed E-state index contributed by atoms with van der Waals surface area (Å²) in [6.45, 7) is 4.87. The Kier molecular flexibility index (Phi) is 7.82. The molecule has 2 unspecified atom stereocenters. The molecule has 164 valence electrons. The highest BCUT2D eigenvalue weighted by atomic mass is 16.2. The van der Waals surface area contributed by atoms with E-state index in [1.54, 1.807) is 4.90 Å². The van der Waals surface area contributed by atoms with Crippen LogP contribution in [0.4, 0.5) is 5.69 Å². The van der Waals surface area contributed by atoms with Gasteiger partial charge in [-0.3, -0.25) is 14.4 Å². The van der Waals surface area contributed by atoms with Crippen LogP contribution in [0, 0.1) is 11.8 Å².